The Morgan fingerprint density at radius 3 is 2.51 bits per heavy atom. The number of hydrogen-bond acceptors (Lipinski definition) is 8. The summed E-state index contributed by atoms with van der Waals surface area (Å²) in [4.78, 5) is 37.1. The van der Waals surface area contributed by atoms with Gasteiger partial charge in [0.15, 0.2) is 18.1 Å². The molecule has 0 spiro atoms. The number of aliphatic hydroxyl groups excluding tert-OH is 1. The summed E-state index contributed by atoms with van der Waals surface area (Å²) in [5, 5.41) is 23.1. The van der Waals surface area contributed by atoms with E-state index in [1.165, 1.54) is 18.2 Å². The molecule has 0 heterocycles. The number of esters is 1. The molecule has 0 amide bonds. The van der Waals surface area contributed by atoms with E-state index in [4.69, 9.17) is 9.29 Å². The molecule has 12 heteroatoms. The van der Waals surface area contributed by atoms with Crippen LogP contribution in [0.1, 0.15) is 52.9 Å². The van der Waals surface area contributed by atoms with E-state index in [2.05, 4.69) is 0 Å². The Morgan fingerprint density at radius 2 is 1.89 bits per heavy atom. The molecule has 0 aromatic rings. The van der Waals surface area contributed by atoms with Crippen molar-refractivity contribution in [3.05, 3.63) is 23.8 Å². The second-order valence-corrected chi connectivity index (χ2v) is 12.9. The summed E-state index contributed by atoms with van der Waals surface area (Å²) in [6, 6.07) is 0. The fourth-order valence-electron chi connectivity index (χ4n) is 7.68. The van der Waals surface area contributed by atoms with Crippen molar-refractivity contribution in [3.8, 4) is 0 Å². The molecule has 0 radical (unpaired) electrons. The van der Waals surface area contributed by atoms with Gasteiger partial charge in [0.2, 0.25) is 5.78 Å². The minimum atomic E-state index is -4.39. The molecule has 0 aromatic heterocycles. The van der Waals surface area contributed by atoms with Crippen LogP contribution < -0.4 is 0 Å². The molecule has 3 N–H and O–H groups in total. The number of fused-ring (bicyclic) bond motifs is 5. The first kappa shape index (κ1) is 30.6. The number of carbonyl (C=O) groups excluding carboxylic acids is 3. The number of hydrogen-bond donors (Lipinski definition) is 3. The number of carbonyl (C=O) groups is 3. The Balaban J connectivity index is 0.00000380. The predicted molar refractivity (Wildman–Crippen MR) is 132 cm³/mol. The predicted octanol–water partition coefficient (Wildman–Crippen LogP) is 1.08. The zero-order chi connectivity index (χ0) is 26.9. The summed E-state index contributed by atoms with van der Waals surface area (Å²) >= 11 is 0. The molecule has 0 bridgehead atoms. The van der Waals surface area contributed by atoms with Crippen LogP contribution in [0, 0.1) is 28.6 Å². The first-order chi connectivity index (χ1) is 16.5. The molecule has 3 fully saturated rings. The summed E-state index contributed by atoms with van der Waals surface area (Å²) in [6.45, 7) is 4.20. The van der Waals surface area contributed by atoms with Gasteiger partial charge < -0.3 is 14.9 Å². The van der Waals surface area contributed by atoms with E-state index < -0.39 is 86.6 Å². The zero-order valence-corrected chi connectivity index (χ0v) is 21.4. The van der Waals surface area contributed by atoms with Crippen LogP contribution in [0.15, 0.2) is 23.8 Å². The summed E-state index contributed by atoms with van der Waals surface area (Å²) in [5.41, 5.74) is -5.89. The van der Waals surface area contributed by atoms with E-state index in [-0.39, 0.29) is 41.8 Å². The number of aliphatic hydroxyl groups is 2. The van der Waals surface area contributed by atoms with Crippen LogP contribution >= 0.6 is 0 Å². The van der Waals surface area contributed by atoms with Gasteiger partial charge in [-0.2, -0.15) is 8.42 Å². The molecule has 4 aliphatic carbocycles. The van der Waals surface area contributed by atoms with E-state index in [1.54, 1.807) is 20.8 Å². The first-order valence-corrected chi connectivity index (χ1v) is 13.8. The van der Waals surface area contributed by atoms with E-state index >= 15 is 4.39 Å². The minimum absolute atomic E-state index is 0. The molecule has 0 unspecified atom stereocenters. The van der Waals surface area contributed by atoms with Crippen molar-refractivity contribution in [3.63, 3.8) is 0 Å². The molecule has 0 saturated heterocycles. The number of alkyl halides is 1. The van der Waals surface area contributed by atoms with Gasteiger partial charge in [-0.1, -0.05) is 25.5 Å². The standard InChI is InChI=1S/C25H33FO9S.Na.H/c1-14-10-18-17-5-4-15-11-16(27)6-8-22(15,2)24(17,26)19(28)12-23(18,3)25(14,31)20(29)13-35-21(30)7-9-36(32,33)34;;/h6,8,11,14,17-19,28,31H,4-5,7,9-10,12-13H2,1-3H3,(H,32,33,34);;/t14-,17-,18-,19-,22-,23-,24-,25-;;/m0../s1. The quantitative estimate of drug-likeness (QED) is 0.249. The third kappa shape index (κ3) is 4.52. The zero-order valence-electron chi connectivity index (χ0n) is 20.6. The summed E-state index contributed by atoms with van der Waals surface area (Å²) in [7, 11) is -4.39. The van der Waals surface area contributed by atoms with Crippen molar-refractivity contribution in [2.45, 2.75) is 70.2 Å². The third-order valence-electron chi connectivity index (χ3n) is 9.58. The fraction of sp³-hybridized carbons (Fsp3) is 0.720. The van der Waals surface area contributed by atoms with Crippen LogP contribution in [0.25, 0.3) is 0 Å². The average Bonchev–Trinajstić information content (AvgIpc) is 2.98. The number of rotatable bonds is 6. The van der Waals surface area contributed by atoms with E-state index in [1.807, 2.05) is 0 Å². The van der Waals surface area contributed by atoms with Gasteiger partial charge in [0.05, 0.1) is 18.3 Å². The Bertz CT molecular complexity index is 1170. The molecular formula is C25H34FNaO9S. The monoisotopic (exact) mass is 552 g/mol. The van der Waals surface area contributed by atoms with Gasteiger partial charge in [0.1, 0.15) is 5.60 Å². The van der Waals surface area contributed by atoms with Gasteiger partial charge in [-0.15, -0.1) is 0 Å². The van der Waals surface area contributed by atoms with Crippen molar-refractivity contribution >= 4 is 57.2 Å². The topological polar surface area (TPSA) is 155 Å². The average molecular weight is 553 g/mol. The fourth-order valence-corrected chi connectivity index (χ4v) is 8.11. The molecule has 4 rings (SSSR count). The van der Waals surface area contributed by atoms with E-state index in [0.29, 0.717) is 24.8 Å². The van der Waals surface area contributed by atoms with Crippen molar-refractivity contribution in [1.29, 1.82) is 0 Å². The number of halogens is 1. The van der Waals surface area contributed by atoms with E-state index in [9.17, 15) is 33.0 Å². The Labute approximate surface area is 237 Å². The third-order valence-corrected chi connectivity index (χ3v) is 10.3. The van der Waals surface area contributed by atoms with Gasteiger partial charge in [-0.05, 0) is 56.6 Å². The molecule has 0 aliphatic heterocycles. The molecule has 9 nitrogen and oxygen atoms in total. The van der Waals surface area contributed by atoms with Gasteiger partial charge in [-0.25, -0.2) is 4.39 Å². The van der Waals surface area contributed by atoms with Crippen molar-refractivity contribution in [2.24, 2.45) is 28.6 Å². The van der Waals surface area contributed by atoms with Crippen LogP contribution in [-0.4, -0.2) is 100 Å². The Kier molecular flexibility index (Phi) is 8.19. The first-order valence-electron chi connectivity index (χ1n) is 12.2. The SMILES string of the molecule is C[C@H]1C[C@H]2[C@@H]3CCC4=CC(=O)C=C[C@]4(C)[C@@]3(F)[C@@H](O)C[C@]2(C)[C@@]1(O)C(=O)COC(=O)CCS(=O)(=O)O.[NaH]. The maximum atomic E-state index is 17.1. The Morgan fingerprint density at radius 1 is 1.24 bits per heavy atom. The van der Waals surface area contributed by atoms with Crippen LogP contribution in [-0.2, 0) is 29.2 Å². The van der Waals surface area contributed by atoms with Gasteiger partial charge >= 0.3 is 35.5 Å². The molecule has 0 aromatic carbocycles. The molecule has 3 saturated carbocycles. The normalized spacial score (nSPS) is 42.6. The van der Waals surface area contributed by atoms with Gasteiger partial charge in [0, 0.05) is 16.7 Å². The number of allylic oxidation sites excluding steroid dienone is 4. The van der Waals surface area contributed by atoms with Crippen LogP contribution in [0.4, 0.5) is 4.39 Å². The van der Waals surface area contributed by atoms with Crippen molar-refractivity contribution < 1.29 is 46.7 Å². The second-order valence-electron chi connectivity index (χ2n) is 11.3. The summed E-state index contributed by atoms with van der Waals surface area (Å²) in [6.07, 6.45) is 3.01. The summed E-state index contributed by atoms with van der Waals surface area (Å²) < 4.78 is 52.5. The van der Waals surface area contributed by atoms with E-state index in [0.717, 1.165) is 0 Å². The second kappa shape index (κ2) is 9.91. The molecule has 8 atom stereocenters. The molecule has 4 aliphatic rings. The van der Waals surface area contributed by atoms with Crippen LogP contribution in [0.3, 0.4) is 0 Å². The number of ether oxygens (including phenoxy) is 1. The van der Waals surface area contributed by atoms with Crippen molar-refractivity contribution in [1.82, 2.24) is 0 Å². The maximum absolute atomic E-state index is 17.1. The van der Waals surface area contributed by atoms with Gasteiger partial charge in [0.25, 0.3) is 10.1 Å². The van der Waals surface area contributed by atoms with Gasteiger partial charge in [-0.3, -0.25) is 18.9 Å². The van der Waals surface area contributed by atoms with Crippen molar-refractivity contribution in [2.75, 3.05) is 12.4 Å². The number of Topliss-reactive ketones (excluding diaryl/α,β-unsaturated/α-hetero) is 1. The summed E-state index contributed by atoms with van der Waals surface area (Å²) in [5.74, 6) is -4.68. The molecular weight excluding hydrogens is 518 g/mol. The Hall–Kier alpha value is -0.950. The van der Waals surface area contributed by atoms with Crippen LogP contribution in [0.2, 0.25) is 0 Å². The number of ketones is 2. The molecule has 202 valence electrons. The van der Waals surface area contributed by atoms with Crippen LogP contribution in [0.5, 0.6) is 0 Å². The molecule has 37 heavy (non-hydrogen) atoms.